The third kappa shape index (κ3) is 4.68. The summed E-state index contributed by atoms with van der Waals surface area (Å²) in [5, 5.41) is 9.49. The molecule has 0 spiro atoms. The van der Waals surface area contributed by atoms with E-state index >= 15 is 0 Å². The molecule has 0 bridgehead atoms. The van der Waals surface area contributed by atoms with Gasteiger partial charge in [0.1, 0.15) is 0 Å². The summed E-state index contributed by atoms with van der Waals surface area (Å²) in [6, 6.07) is 0. The lowest BCUT2D eigenvalue weighted by molar-refractivity contribution is -0.143. The molecule has 126 valence electrons. The molecule has 2 fully saturated rings. The first-order valence-corrected chi connectivity index (χ1v) is 8.30. The lowest BCUT2D eigenvalue weighted by atomic mass is 9.89. The molecule has 0 radical (unpaired) electrons. The predicted octanol–water partition coefficient (Wildman–Crippen LogP) is 0.0175. The van der Waals surface area contributed by atoms with Crippen LogP contribution in [0.25, 0.3) is 0 Å². The van der Waals surface area contributed by atoms with E-state index in [4.69, 9.17) is 0 Å². The Balaban J connectivity index is 1.93. The van der Waals surface area contributed by atoms with Gasteiger partial charge in [-0.25, -0.2) is 0 Å². The van der Waals surface area contributed by atoms with Crippen molar-refractivity contribution in [2.75, 3.05) is 53.4 Å². The van der Waals surface area contributed by atoms with E-state index in [1.165, 1.54) is 0 Å². The van der Waals surface area contributed by atoms with Crippen LogP contribution in [-0.2, 0) is 9.59 Å². The highest BCUT2D eigenvalue weighted by Crippen LogP contribution is 2.23. The molecule has 0 aliphatic carbocycles. The maximum absolute atomic E-state index is 12.5. The van der Waals surface area contributed by atoms with Crippen molar-refractivity contribution >= 4 is 11.8 Å². The molecule has 0 aromatic carbocycles. The summed E-state index contributed by atoms with van der Waals surface area (Å²) in [6.45, 7) is 3.28. The summed E-state index contributed by atoms with van der Waals surface area (Å²) in [6.07, 6.45) is 3.45. The van der Waals surface area contributed by atoms with Gasteiger partial charge in [-0.2, -0.15) is 0 Å². The van der Waals surface area contributed by atoms with E-state index in [0.717, 1.165) is 32.4 Å². The summed E-state index contributed by atoms with van der Waals surface area (Å²) in [7, 11) is 4.06. The van der Waals surface area contributed by atoms with Gasteiger partial charge < -0.3 is 19.8 Å². The van der Waals surface area contributed by atoms with Crippen LogP contribution >= 0.6 is 0 Å². The van der Waals surface area contributed by atoms with Crippen LogP contribution in [0.3, 0.4) is 0 Å². The van der Waals surface area contributed by atoms with Gasteiger partial charge in [0.05, 0.1) is 6.54 Å². The maximum Gasteiger partial charge on any atom is 0.242 e. The third-order valence-electron chi connectivity index (χ3n) is 4.61. The van der Waals surface area contributed by atoms with Crippen molar-refractivity contribution in [3.63, 3.8) is 0 Å². The number of nitrogens with zero attached hydrogens (tertiary/aromatic N) is 3. The van der Waals surface area contributed by atoms with Crippen molar-refractivity contribution in [1.82, 2.24) is 14.7 Å². The first-order valence-electron chi connectivity index (χ1n) is 8.30. The standard InChI is InChI=1S/C16H29N3O3/c1-17(2)8-13-7-14(12-20)10-19(9-13)16(22)11-18-6-4-3-5-15(18)21/h13-14,20H,3-12H2,1-2H3/t13-,14-/m1/s1. The topological polar surface area (TPSA) is 64.1 Å². The Hall–Kier alpha value is -1.14. The first-order chi connectivity index (χ1) is 10.5. The van der Waals surface area contributed by atoms with Crippen molar-refractivity contribution in [1.29, 1.82) is 0 Å². The Morgan fingerprint density at radius 2 is 2.00 bits per heavy atom. The summed E-state index contributed by atoms with van der Waals surface area (Å²) < 4.78 is 0. The minimum absolute atomic E-state index is 0.0251. The highest BCUT2D eigenvalue weighted by Gasteiger charge is 2.31. The molecule has 2 saturated heterocycles. The van der Waals surface area contributed by atoms with Crippen LogP contribution in [0.2, 0.25) is 0 Å². The van der Waals surface area contributed by atoms with E-state index in [1.54, 1.807) is 4.90 Å². The lowest BCUT2D eigenvalue weighted by Crippen LogP contribution is -2.51. The Morgan fingerprint density at radius 3 is 2.64 bits per heavy atom. The fourth-order valence-electron chi connectivity index (χ4n) is 3.60. The van der Waals surface area contributed by atoms with E-state index in [0.29, 0.717) is 25.4 Å². The Labute approximate surface area is 133 Å². The van der Waals surface area contributed by atoms with Gasteiger partial charge in [0.15, 0.2) is 0 Å². The second-order valence-electron chi connectivity index (χ2n) is 6.98. The quantitative estimate of drug-likeness (QED) is 0.777. The minimum atomic E-state index is 0.0251. The van der Waals surface area contributed by atoms with Crippen LogP contribution in [0.5, 0.6) is 0 Å². The van der Waals surface area contributed by atoms with Crippen molar-refractivity contribution in [3.8, 4) is 0 Å². The zero-order valence-corrected chi connectivity index (χ0v) is 13.8. The molecular formula is C16H29N3O3. The third-order valence-corrected chi connectivity index (χ3v) is 4.61. The van der Waals surface area contributed by atoms with Gasteiger partial charge >= 0.3 is 0 Å². The van der Waals surface area contributed by atoms with Gasteiger partial charge in [0, 0.05) is 39.2 Å². The number of hydrogen-bond acceptors (Lipinski definition) is 4. The molecule has 6 heteroatoms. The first kappa shape index (κ1) is 17.2. The summed E-state index contributed by atoms with van der Waals surface area (Å²) >= 11 is 0. The van der Waals surface area contributed by atoms with Crippen LogP contribution in [0.15, 0.2) is 0 Å². The number of carbonyl (C=O) groups is 2. The fourth-order valence-corrected chi connectivity index (χ4v) is 3.60. The predicted molar refractivity (Wildman–Crippen MR) is 84.2 cm³/mol. The van der Waals surface area contributed by atoms with E-state index in [2.05, 4.69) is 4.90 Å². The van der Waals surface area contributed by atoms with Crippen LogP contribution < -0.4 is 0 Å². The van der Waals surface area contributed by atoms with E-state index in [9.17, 15) is 14.7 Å². The molecule has 2 aliphatic rings. The zero-order chi connectivity index (χ0) is 16.1. The van der Waals surface area contributed by atoms with E-state index < -0.39 is 0 Å². The van der Waals surface area contributed by atoms with Crippen LogP contribution in [-0.4, -0.2) is 85.0 Å². The molecule has 22 heavy (non-hydrogen) atoms. The van der Waals surface area contributed by atoms with Gasteiger partial charge in [0.25, 0.3) is 0 Å². The molecule has 2 heterocycles. The molecule has 2 aliphatic heterocycles. The number of carbonyl (C=O) groups excluding carboxylic acids is 2. The van der Waals surface area contributed by atoms with Gasteiger partial charge in [0.2, 0.25) is 11.8 Å². The average molecular weight is 311 g/mol. The number of aliphatic hydroxyl groups is 1. The van der Waals surface area contributed by atoms with Crippen LogP contribution in [0.1, 0.15) is 25.7 Å². The monoisotopic (exact) mass is 311 g/mol. The fraction of sp³-hybridized carbons (Fsp3) is 0.875. The van der Waals surface area contributed by atoms with Gasteiger partial charge in [-0.1, -0.05) is 0 Å². The van der Waals surface area contributed by atoms with Crippen molar-refractivity contribution < 1.29 is 14.7 Å². The largest absolute Gasteiger partial charge is 0.396 e. The van der Waals surface area contributed by atoms with Crippen LogP contribution in [0.4, 0.5) is 0 Å². The smallest absolute Gasteiger partial charge is 0.242 e. The molecule has 0 unspecified atom stereocenters. The molecule has 2 rings (SSSR count). The minimum Gasteiger partial charge on any atom is -0.396 e. The number of rotatable bonds is 5. The molecule has 0 aromatic rings. The Bertz CT molecular complexity index is 400. The molecule has 2 amide bonds. The number of hydrogen-bond donors (Lipinski definition) is 1. The highest BCUT2D eigenvalue weighted by molar-refractivity contribution is 5.85. The van der Waals surface area contributed by atoms with Crippen molar-refractivity contribution in [2.24, 2.45) is 11.8 Å². The molecule has 2 atom stereocenters. The summed E-state index contributed by atoms with van der Waals surface area (Å²) in [5.41, 5.74) is 0. The molecule has 1 N–H and O–H groups in total. The van der Waals surface area contributed by atoms with Crippen LogP contribution in [0, 0.1) is 11.8 Å². The molecule has 6 nitrogen and oxygen atoms in total. The van der Waals surface area contributed by atoms with Crippen molar-refractivity contribution in [3.05, 3.63) is 0 Å². The van der Waals surface area contributed by atoms with Gasteiger partial charge in [-0.05, 0) is 45.2 Å². The number of piperidine rings is 2. The zero-order valence-electron chi connectivity index (χ0n) is 13.8. The maximum atomic E-state index is 12.5. The normalized spacial score (nSPS) is 26.6. The molecule has 0 saturated carbocycles. The SMILES string of the molecule is CN(C)C[C@H]1C[C@@H](CO)CN(C(=O)CN2CCCCC2=O)C1. The Morgan fingerprint density at radius 1 is 1.27 bits per heavy atom. The summed E-state index contributed by atoms with van der Waals surface area (Å²) in [4.78, 5) is 30.1. The highest BCUT2D eigenvalue weighted by atomic mass is 16.3. The van der Waals surface area contributed by atoms with E-state index in [1.807, 2.05) is 19.0 Å². The molecule has 0 aromatic heterocycles. The molecular weight excluding hydrogens is 282 g/mol. The average Bonchev–Trinajstić information content (AvgIpc) is 2.48. The second-order valence-corrected chi connectivity index (χ2v) is 6.98. The van der Waals surface area contributed by atoms with Gasteiger partial charge in [-0.15, -0.1) is 0 Å². The number of amides is 2. The lowest BCUT2D eigenvalue weighted by Gasteiger charge is -2.39. The number of aliphatic hydroxyl groups excluding tert-OH is 1. The number of likely N-dealkylation sites (tertiary alicyclic amines) is 2. The summed E-state index contributed by atoms with van der Waals surface area (Å²) in [5.74, 6) is 0.666. The van der Waals surface area contributed by atoms with E-state index in [-0.39, 0.29) is 30.9 Å². The van der Waals surface area contributed by atoms with Crippen molar-refractivity contribution in [2.45, 2.75) is 25.7 Å². The second kappa shape index (κ2) is 7.92. The Kier molecular flexibility index (Phi) is 6.20. The van der Waals surface area contributed by atoms with Gasteiger partial charge in [-0.3, -0.25) is 9.59 Å².